The zero-order chi connectivity index (χ0) is 16.3. The molecule has 1 saturated heterocycles. The number of hydrogen-bond acceptors (Lipinski definition) is 4. The van der Waals surface area contributed by atoms with E-state index >= 15 is 0 Å². The highest BCUT2D eigenvalue weighted by Gasteiger charge is 2.37. The molecule has 1 fully saturated rings. The van der Waals surface area contributed by atoms with Crippen molar-refractivity contribution in [1.82, 2.24) is 14.7 Å². The summed E-state index contributed by atoms with van der Waals surface area (Å²) >= 11 is 0. The number of rotatable bonds is 5. The Labute approximate surface area is 130 Å². The summed E-state index contributed by atoms with van der Waals surface area (Å²) in [6, 6.07) is 9.07. The Morgan fingerprint density at radius 2 is 1.91 bits per heavy atom. The quantitative estimate of drug-likeness (QED) is 0.775. The van der Waals surface area contributed by atoms with Gasteiger partial charge in [0.2, 0.25) is 0 Å². The van der Waals surface area contributed by atoms with Gasteiger partial charge in [-0.3, -0.25) is 14.6 Å². The first kappa shape index (κ1) is 16.0. The minimum absolute atomic E-state index is 0.117. The molecule has 0 radical (unpaired) electrons. The number of hydrogen-bond donors (Lipinski definition) is 0. The molecular formula is C16H20N4O2. The van der Waals surface area contributed by atoms with Gasteiger partial charge in [-0.05, 0) is 38.6 Å². The predicted octanol–water partition coefficient (Wildman–Crippen LogP) is 1.62. The number of carbonyl (C=O) groups is 2. The highest BCUT2D eigenvalue weighted by molar-refractivity contribution is 6.02. The van der Waals surface area contributed by atoms with Gasteiger partial charge in [0, 0.05) is 12.6 Å². The van der Waals surface area contributed by atoms with Crippen LogP contribution in [-0.4, -0.2) is 52.9 Å². The first-order valence-corrected chi connectivity index (χ1v) is 7.21. The normalized spacial score (nSPS) is 15.1. The Morgan fingerprint density at radius 3 is 2.41 bits per heavy atom. The SMILES string of the molecule is CC(C)N1C(=O)CN(CN(C)Cc2ccc(C#N)cc2)C1=O. The molecule has 6 nitrogen and oxygen atoms in total. The van der Waals surface area contributed by atoms with Crippen LogP contribution in [0.25, 0.3) is 0 Å². The molecule has 0 saturated carbocycles. The van der Waals surface area contributed by atoms with Gasteiger partial charge in [0.05, 0.1) is 18.3 Å². The van der Waals surface area contributed by atoms with Crippen LogP contribution in [0.15, 0.2) is 24.3 Å². The monoisotopic (exact) mass is 300 g/mol. The largest absolute Gasteiger partial charge is 0.328 e. The summed E-state index contributed by atoms with van der Waals surface area (Å²) in [6.45, 7) is 4.84. The fraction of sp³-hybridized carbons (Fsp3) is 0.438. The fourth-order valence-corrected chi connectivity index (χ4v) is 2.52. The van der Waals surface area contributed by atoms with Crippen LogP contribution in [0.1, 0.15) is 25.0 Å². The average Bonchev–Trinajstić information content (AvgIpc) is 2.74. The van der Waals surface area contributed by atoms with E-state index in [-0.39, 0.29) is 24.5 Å². The molecule has 1 aliphatic heterocycles. The van der Waals surface area contributed by atoms with Crippen molar-refractivity contribution in [3.05, 3.63) is 35.4 Å². The van der Waals surface area contributed by atoms with Crippen LogP contribution < -0.4 is 0 Å². The number of urea groups is 1. The first-order chi connectivity index (χ1) is 10.4. The summed E-state index contributed by atoms with van der Waals surface area (Å²) in [6.07, 6.45) is 0. The van der Waals surface area contributed by atoms with Crippen LogP contribution >= 0.6 is 0 Å². The number of amides is 3. The van der Waals surface area contributed by atoms with E-state index in [0.29, 0.717) is 18.8 Å². The Morgan fingerprint density at radius 1 is 1.27 bits per heavy atom. The van der Waals surface area contributed by atoms with Gasteiger partial charge < -0.3 is 4.90 Å². The van der Waals surface area contributed by atoms with Gasteiger partial charge in [-0.1, -0.05) is 12.1 Å². The molecule has 0 N–H and O–H groups in total. The van der Waals surface area contributed by atoms with E-state index < -0.39 is 0 Å². The Bertz CT molecular complexity index is 604. The van der Waals surface area contributed by atoms with Crippen LogP contribution in [0, 0.1) is 11.3 Å². The Hall–Kier alpha value is -2.39. The summed E-state index contributed by atoms with van der Waals surface area (Å²) in [4.78, 5) is 28.9. The van der Waals surface area contributed by atoms with Crippen molar-refractivity contribution in [2.45, 2.75) is 26.4 Å². The maximum atomic E-state index is 12.2. The third-order valence-corrected chi connectivity index (χ3v) is 3.54. The molecule has 0 aliphatic carbocycles. The molecule has 1 aliphatic rings. The molecule has 0 spiro atoms. The van der Waals surface area contributed by atoms with E-state index in [1.165, 1.54) is 4.90 Å². The maximum Gasteiger partial charge on any atom is 0.328 e. The summed E-state index contributed by atoms with van der Waals surface area (Å²) in [5.41, 5.74) is 1.68. The lowest BCUT2D eigenvalue weighted by molar-refractivity contribution is -0.126. The second-order valence-corrected chi connectivity index (χ2v) is 5.80. The van der Waals surface area contributed by atoms with Gasteiger partial charge in [0.15, 0.2) is 0 Å². The summed E-state index contributed by atoms with van der Waals surface area (Å²) in [5.74, 6) is -0.147. The van der Waals surface area contributed by atoms with Gasteiger partial charge in [-0.15, -0.1) is 0 Å². The molecule has 0 unspecified atom stereocenters. The van der Waals surface area contributed by atoms with Crippen molar-refractivity contribution in [3.63, 3.8) is 0 Å². The van der Waals surface area contributed by atoms with E-state index in [0.717, 1.165) is 5.56 Å². The lowest BCUT2D eigenvalue weighted by Gasteiger charge is -2.24. The van der Waals surface area contributed by atoms with E-state index in [4.69, 9.17) is 5.26 Å². The molecule has 0 bridgehead atoms. The molecule has 3 amide bonds. The Kier molecular flexibility index (Phi) is 4.78. The molecule has 116 valence electrons. The van der Waals surface area contributed by atoms with Crippen LogP contribution in [-0.2, 0) is 11.3 Å². The van der Waals surface area contributed by atoms with Crippen LogP contribution in [0.4, 0.5) is 4.79 Å². The standard InChI is InChI=1S/C16H20N4O2/c1-12(2)20-15(21)10-19(16(20)22)11-18(3)9-14-6-4-13(8-17)5-7-14/h4-7,12H,9-11H2,1-3H3. The minimum Gasteiger partial charge on any atom is -0.302 e. The molecule has 22 heavy (non-hydrogen) atoms. The lowest BCUT2D eigenvalue weighted by atomic mass is 10.1. The van der Waals surface area contributed by atoms with Gasteiger partial charge in [-0.2, -0.15) is 5.26 Å². The van der Waals surface area contributed by atoms with Crippen LogP contribution in [0.2, 0.25) is 0 Å². The van der Waals surface area contributed by atoms with E-state index in [2.05, 4.69) is 6.07 Å². The van der Waals surface area contributed by atoms with Gasteiger partial charge in [0.25, 0.3) is 5.91 Å². The predicted molar refractivity (Wildman–Crippen MR) is 81.6 cm³/mol. The highest BCUT2D eigenvalue weighted by Crippen LogP contribution is 2.15. The molecule has 1 heterocycles. The third kappa shape index (κ3) is 3.43. The van der Waals surface area contributed by atoms with Crippen molar-refractivity contribution < 1.29 is 9.59 Å². The van der Waals surface area contributed by atoms with Crippen molar-refractivity contribution in [3.8, 4) is 6.07 Å². The van der Waals surface area contributed by atoms with E-state index in [1.54, 1.807) is 17.0 Å². The second-order valence-electron chi connectivity index (χ2n) is 5.80. The maximum absolute atomic E-state index is 12.2. The fourth-order valence-electron chi connectivity index (χ4n) is 2.52. The van der Waals surface area contributed by atoms with Crippen molar-refractivity contribution in [2.75, 3.05) is 20.3 Å². The molecule has 0 atom stereocenters. The zero-order valence-corrected chi connectivity index (χ0v) is 13.1. The second kappa shape index (κ2) is 6.58. The molecule has 1 aromatic carbocycles. The van der Waals surface area contributed by atoms with Gasteiger partial charge in [0.1, 0.15) is 6.54 Å². The number of nitriles is 1. The number of nitrogens with zero attached hydrogens (tertiary/aromatic N) is 4. The topological polar surface area (TPSA) is 67.7 Å². The zero-order valence-electron chi connectivity index (χ0n) is 13.1. The Balaban J connectivity index is 1.94. The lowest BCUT2D eigenvalue weighted by Crippen LogP contribution is -2.41. The molecule has 6 heteroatoms. The van der Waals surface area contributed by atoms with Crippen LogP contribution in [0.5, 0.6) is 0 Å². The highest BCUT2D eigenvalue weighted by atomic mass is 16.2. The minimum atomic E-state index is -0.230. The summed E-state index contributed by atoms with van der Waals surface area (Å²) in [7, 11) is 1.90. The van der Waals surface area contributed by atoms with Crippen molar-refractivity contribution in [1.29, 1.82) is 5.26 Å². The molecular weight excluding hydrogens is 280 g/mol. The van der Waals surface area contributed by atoms with Crippen molar-refractivity contribution >= 4 is 11.9 Å². The third-order valence-electron chi connectivity index (χ3n) is 3.54. The number of carbonyl (C=O) groups excluding carboxylic acids is 2. The molecule has 2 rings (SSSR count). The van der Waals surface area contributed by atoms with Gasteiger partial charge >= 0.3 is 6.03 Å². The number of imide groups is 1. The first-order valence-electron chi connectivity index (χ1n) is 7.21. The summed E-state index contributed by atoms with van der Waals surface area (Å²) < 4.78 is 0. The van der Waals surface area contributed by atoms with Crippen LogP contribution in [0.3, 0.4) is 0 Å². The smallest absolute Gasteiger partial charge is 0.302 e. The number of benzene rings is 1. The molecule has 0 aromatic heterocycles. The summed E-state index contributed by atoms with van der Waals surface area (Å²) in [5, 5.41) is 8.78. The van der Waals surface area contributed by atoms with E-state index in [9.17, 15) is 9.59 Å². The van der Waals surface area contributed by atoms with E-state index in [1.807, 2.05) is 37.9 Å². The molecule has 1 aromatic rings. The van der Waals surface area contributed by atoms with Crippen molar-refractivity contribution in [2.24, 2.45) is 0 Å². The average molecular weight is 300 g/mol. The van der Waals surface area contributed by atoms with Gasteiger partial charge in [-0.25, -0.2) is 4.79 Å².